The van der Waals surface area contributed by atoms with Gasteiger partial charge in [-0.25, -0.2) is 4.79 Å². The molecule has 1 aromatic rings. The molecule has 0 aromatic heterocycles. The van der Waals surface area contributed by atoms with E-state index in [-0.39, 0.29) is 18.7 Å². The number of amides is 3. The number of fused-ring (bicyclic) bond motifs is 2. The molecule has 0 saturated carbocycles. The zero-order valence-electron chi connectivity index (χ0n) is 18.2. The summed E-state index contributed by atoms with van der Waals surface area (Å²) in [5.74, 6) is -3.08. The van der Waals surface area contributed by atoms with Crippen LogP contribution in [0.5, 0.6) is 0 Å². The van der Waals surface area contributed by atoms with Gasteiger partial charge in [0.2, 0.25) is 0 Å². The van der Waals surface area contributed by atoms with Gasteiger partial charge in [-0.1, -0.05) is 17.7 Å². The maximum atomic E-state index is 12.9. The molecule has 1 aromatic carbocycles. The third kappa shape index (κ3) is 3.56. The first-order valence-corrected chi connectivity index (χ1v) is 10.8. The average molecular weight is 424 g/mol. The minimum Gasteiger partial charge on any atom is -0.481 e. The van der Waals surface area contributed by atoms with Gasteiger partial charge in [0.15, 0.2) is 5.78 Å². The normalized spacial score (nSPS) is 20.7. The van der Waals surface area contributed by atoms with E-state index in [4.69, 9.17) is 0 Å². The van der Waals surface area contributed by atoms with Crippen molar-refractivity contribution in [2.24, 2.45) is 5.92 Å². The van der Waals surface area contributed by atoms with E-state index in [0.717, 1.165) is 29.7 Å². The molecule has 0 bridgehead atoms. The number of benzene rings is 1. The molecular formula is C24H28N2O5. The Balaban J connectivity index is 1.49. The Morgan fingerprint density at radius 1 is 1.16 bits per heavy atom. The van der Waals surface area contributed by atoms with Crippen LogP contribution in [0.1, 0.15) is 67.4 Å². The van der Waals surface area contributed by atoms with Crippen molar-refractivity contribution in [3.05, 3.63) is 40.5 Å². The summed E-state index contributed by atoms with van der Waals surface area (Å²) in [6, 6.07) is 5.10. The van der Waals surface area contributed by atoms with Crippen molar-refractivity contribution in [3.63, 3.8) is 0 Å². The molecule has 3 aliphatic rings. The quantitative estimate of drug-likeness (QED) is 0.557. The molecule has 164 valence electrons. The van der Waals surface area contributed by atoms with Crippen LogP contribution in [0.3, 0.4) is 0 Å². The second kappa shape index (κ2) is 7.62. The van der Waals surface area contributed by atoms with Crippen molar-refractivity contribution in [2.45, 2.75) is 57.9 Å². The number of hydrogen-bond donors (Lipinski definition) is 1. The summed E-state index contributed by atoms with van der Waals surface area (Å²) in [4.78, 5) is 52.1. The minimum absolute atomic E-state index is 0.261. The van der Waals surface area contributed by atoms with Gasteiger partial charge >= 0.3 is 12.0 Å². The van der Waals surface area contributed by atoms with E-state index in [1.165, 1.54) is 41.5 Å². The number of likely N-dealkylation sites (N-methyl/N-ethyl adjacent to an activating group) is 1. The number of urea groups is 1. The van der Waals surface area contributed by atoms with E-state index in [9.17, 15) is 24.3 Å². The first-order valence-electron chi connectivity index (χ1n) is 10.8. The number of carboxylic acids is 1. The van der Waals surface area contributed by atoms with Crippen molar-refractivity contribution >= 4 is 29.3 Å². The molecule has 4 rings (SSSR count). The number of hydrogen-bond acceptors (Lipinski definition) is 4. The lowest BCUT2D eigenvalue weighted by Crippen LogP contribution is -2.42. The highest BCUT2D eigenvalue weighted by molar-refractivity contribution is 6.07. The number of allylic oxidation sites excluding steroid dienone is 2. The van der Waals surface area contributed by atoms with Crippen LogP contribution in [0.15, 0.2) is 23.8 Å². The molecule has 1 saturated heterocycles. The third-order valence-corrected chi connectivity index (χ3v) is 7.05. The molecule has 0 spiro atoms. The van der Waals surface area contributed by atoms with Gasteiger partial charge in [0, 0.05) is 25.6 Å². The maximum absolute atomic E-state index is 12.9. The fourth-order valence-electron chi connectivity index (χ4n) is 4.86. The molecule has 1 aliphatic heterocycles. The SMILES string of the molecule is CN1C(=O)N(CC(CC(=O)c2ccc3c(c2)CC2=C3CCCC2)C(=O)O)C(=O)C1(C)C. The summed E-state index contributed by atoms with van der Waals surface area (Å²) in [6.07, 6.45) is 5.20. The number of imide groups is 1. The monoisotopic (exact) mass is 424 g/mol. The molecule has 1 heterocycles. The van der Waals surface area contributed by atoms with E-state index in [1.54, 1.807) is 19.9 Å². The Bertz CT molecular complexity index is 1020. The summed E-state index contributed by atoms with van der Waals surface area (Å²) in [7, 11) is 1.51. The highest BCUT2D eigenvalue weighted by Gasteiger charge is 2.50. The zero-order chi connectivity index (χ0) is 22.5. The van der Waals surface area contributed by atoms with Crippen LogP contribution < -0.4 is 0 Å². The summed E-state index contributed by atoms with van der Waals surface area (Å²) >= 11 is 0. The molecule has 1 fully saturated rings. The number of rotatable bonds is 6. The van der Waals surface area contributed by atoms with E-state index in [2.05, 4.69) is 0 Å². The van der Waals surface area contributed by atoms with Crippen LogP contribution in [-0.4, -0.2) is 57.7 Å². The van der Waals surface area contributed by atoms with Crippen LogP contribution in [-0.2, 0) is 16.0 Å². The fourth-order valence-corrected chi connectivity index (χ4v) is 4.86. The molecule has 1 unspecified atom stereocenters. The van der Waals surface area contributed by atoms with Gasteiger partial charge in [0.1, 0.15) is 5.54 Å². The predicted molar refractivity (Wildman–Crippen MR) is 115 cm³/mol. The molecule has 3 amide bonds. The van der Waals surface area contributed by atoms with Gasteiger partial charge in [-0.2, -0.15) is 0 Å². The molecule has 7 nitrogen and oxygen atoms in total. The van der Waals surface area contributed by atoms with E-state index >= 15 is 0 Å². The lowest BCUT2D eigenvalue weighted by Gasteiger charge is -2.22. The molecule has 1 atom stereocenters. The first kappa shape index (κ1) is 21.3. The van der Waals surface area contributed by atoms with Gasteiger partial charge in [0.05, 0.1) is 5.92 Å². The molecule has 2 aliphatic carbocycles. The number of ketones is 1. The van der Waals surface area contributed by atoms with Crippen LogP contribution >= 0.6 is 0 Å². The third-order valence-electron chi connectivity index (χ3n) is 7.05. The van der Waals surface area contributed by atoms with Crippen molar-refractivity contribution in [1.29, 1.82) is 0 Å². The van der Waals surface area contributed by atoms with Crippen molar-refractivity contribution < 1.29 is 24.3 Å². The average Bonchev–Trinajstić information content (AvgIpc) is 3.17. The van der Waals surface area contributed by atoms with Gasteiger partial charge in [-0.05, 0) is 68.7 Å². The maximum Gasteiger partial charge on any atom is 0.327 e. The van der Waals surface area contributed by atoms with Gasteiger partial charge in [-0.3, -0.25) is 19.3 Å². The number of Topliss-reactive ketones (excluding diaryl/α,β-unsaturated/α-hetero) is 1. The van der Waals surface area contributed by atoms with E-state index in [1.807, 2.05) is 12.1 Å². The summed E-state index contributed by atoms with van der Waals surface area (Å²) in [5.41, 5.74) is 4.70. The van der Waals surface area contributed by atoms with Crippen LogP contribution in [0.4, 0.5) is 4.79 Å². The standard InChI is InChI=1S/C24H28N2O5/c1-24(2)22(30)26(23(31)25(24)3)13-17(21(28)29)12-20(27)15-8-9-19-16(11-15)10-14-6-4-5-7-18(14)19/h8-9,11,17H,4-7,10,12-13H2,1-3H3,(H,28,29). The van der Waals surface area contributed by atoms with Crippen LogP contribution in [0.25, 0.3) is 5.57 Å². The fraction of sp³-hybridized carbons (Fsp3) is 0.500. The highest BCUT2D eigenvalue weighted by atomic mass is 16.4. The van der Waals surface area contributed by atoms with Gasteiger partial charge in [-0.15, -0.1) is 0 Å². The van der Waals surface area contributed by atoms with Crippen molar-refractivity contribution in [2.75, 3.05) is 13.6 Å². The second-order valence-electron chi connectivity index (χ2n) is 9.32. The Morgan fingerprint density at radius 3 is 2.52 bits per heavy atom. The zero-order valence-corrected chi connectivity index (χ0v) is 18.2. The predicted octanol–water partition coefficient (Wildman–Crippen LogP) is 3.52. The Labute approximate surface area is 181 Å². The first-order chi connectivity index (χ1) is 14.6. The molecule has 7 heteroatoms. The lowest BCUT2D eigenvalue weighted by molar-refractivity contribution is -0.143. The number of carbonyl (C=O) groups is 4. The lowest BCUT2D eigenvalue weighted by atomic mass is 9.91. The minimum atomic E-state index is -1.19. The van der Waals surface area contributed by atoms with Crippen molar-refractivity contribution in [3.8, 4) is 0 Å². The molecule has 31 heavy (non-hydrogen) atoms. The smallest absolute Gasteiger partial charge is 0.327 e. The number of carboxylic acid groups (broad SMARTS) is 1. The number of carbonyl (C=O) groups excluding carboxylic acids is 3. The van der Waals surface area contributed by atoms with Crippen LogP contribution in [0, 0.1) is 5.92 Å². The summed E-state index contributed by atoms with van der Waals surface area (Å²) in [6.45, 7) is 2.92. The Hall–Kier alpha value is -2.96. The largest absolute Gasteiger partial charge is 0.481 e. The van der Waals surface area contributed by atoms with E-state index < -0.39 is 29.4 Å². The summed E-state index contributed by atoms with van der Waals surface area (Å²) in [5, 5.41) is 9.67. The summed E-state index contributed by atoms with van der Waals surface area (Å²) < 4.78 is 0. The Kier molecular flexibility index (Phi) is 5.23. The number of nitrogens with zero attached hydrogens (tertiary/aromatic N) is 2. The molecule has 1 N–H and O–H groups in total. The Morgan fingerprint density at radius 2 is 1.87 bits per heavy atom. The highest BCUT2D eigenvalue weighted by Crippen LogP contribution is 2.41. The topological polar surface area (TPSA) is 95.0 Å². The van der Waals surface area contributed by atoms with E-state index in [0.29, 0.717) is 5.56 Å². The van der Waals surface area contributed by atoms with Gasteiger partial charge < -0.3 is 10.0 Å². The molecular weight excluding hydrogens is 396 g/mol. The second-order valence-corrected chi connectivity index (χ2v) is 9.32. The molecule has 0 radical (unpaired) electrons. The number of aliphatic carboxylic acids is 1. The van der Waals surface area contributed by atoms with Crippen molar-refractivity contribution in [1.82, 2.24) is 9.80 Å². The van der Waals surface area contributed by atoms with Crippen LogP contribution in [0.2, 0.25) is 0 Å². The van der Waals surface area contributed by atoms with Gasteiger partial charge in [0.25, 0.3) is 5.91 Å².